The van der Waals surface area contributed by atoms with Gasteiger partial charge in [-0.25, -0.2) is 14.0 Å². The molecule has 0 aromatic heterocycles. The predicted octanol–water partition coefficient (Wildman–Crippen LogP) is 2.14. The van der Waals surface area contributed by atoms with E-state index in [0.717, 1.165) is 7.11 Å². The highest BCUT2D eigenvalue weighted by molar-refractivity contribution is 5.81. The number of amides is 1. The Hall–Kier alpha value is -1.33. The van der Waals surface area contributed by atoms with Gasteiger partial charge in [-0.2, -0.15) is 0 Å². The van der Waals surface area contributed by atoms with Crippen molar-refractivity contribution < 1.29 is 23.5 Å². The highest BCUT2D eigenvalue weighted by atomic mass is 19.1. The zero-order chi connectivity index (χ0) is 14.8. The van der Waals surface area contributed by atoms with Crippen LogP contribution in [0.4, 0.5) is 9.18 Å². The molecule has 1 saturated heterocycles. The second-order valence-corrected chi connectivity index (χ2v) is 5.95. The van der Waals surface area contributed by atoms with Gasteiger partial charge in [-0.15, -0.1) is 0 Å². The minimum absolute atomic E-state index is 0.324. The molecular weight excluding hydrogens is 253 g/mol. The summed E-state index contributed by atoms with van der Waals surface area (Å²) >= 11 is 0. The molecule has 0 spiro atoms. The fraction of sp³-hybridized carbons (Fsp3) is 0.846. The van der Waals surface area contributed by atoms with Gasteiger partial charge in [-0.3, -0.25) is 0 Å². The molecule has 0 N–H and O–H groups in total. The lowest BCUT2D eigenvalue weighted by atomic mass is 9.84. The average Bonchev–Trinajstić information content (AvgIpc) is 2.29. The van der Waals surface area contributed by atoms with Crippen molar-refractivity contribution in [2.75, 3.05) is 20.2 Å². The number of carbonyl (C=O) groups excluding carboxylic acids is 2. The zero-order valence-corrected chi connectivity index (χ0v) is 12.2. The van der Waals surface area contributed by atoms with Crippen molar-refractivity contribution in [3.05, 3.63) is 0 Å². The first kappa shape index (κ1) is 15.7. The van der Waals surface area contributed by atoms with Gasteiger partial charge < -0.3 is 14.4 Å². The number of carbonyl (C=O) groups is 2. The van der Waals surface area contributed by atoms with E-state index >= 15 is 0 Å². The van der Waals surface area contributed by atoms with Crippen LogP contribution in [0.25, 0.3) is 0 Å². The van der Waals surface area contributed by atoms with Crippen molar-refractivity contribution >= 4 is 12.1 Å². The first-order valence-corrected chi connectivity index (χ1v) is 6.35. The molecule has 0 aliphatic carbocycles. The molecule has 19 heavy (non-hydrogen) atoms. The number of piperidine rings is 1. The molecule has 1 fully saturated rings. The molecule has 6 heteroatoms. The normalized spacial score (nSPS) is 27.9. The minimum Gasteiger partial charge on any atom is -0.467 e. The number of hydrogen-bond acceptors (Lipinski definition) is 4. The van der Waals surface area contributed by atoms with Crippen LogP contribution in [0.15, 0.2) is 0 Å². The molecule has 110 valence electrons. The Labute approximate surface area is 113 Å². The molecule has 0 aromatic rings. The third-order valence-electron chi connectivity index (χ3n) is 3.21. The van der Waals surface area contributed by atoms with E-state index in [2.05, 4.69) is 4.74 Å². The Morgan fingerprint density at radius 3 is 2.42 bits per heavy atom. The lowest BCUT2D eigenvalue weighted by Crippen LogP contribution is -2.57. The SMILES string of the molecule is COC(=O)C1(F)CN(C(=O)OC(C)(C)C)CCC1C. The summed E-state index contributed by atoms with van der Waals surface area (Å²) in [5.41, 5.74) is -2.81. The summed E-state index contributed by atoms with van der Waals surface area (Å²) in [4.78, 5) is 24.7. The monoisotopic (exact) mass is 275 g/mol. The minimum atomic E-state index is -2.16. The first-order chi connectivity index (χ1) is 8.60. The Balaban J connectivity index is 2.80. The van der Waals surface area contributed by atoms with E-state index in [0.29, 0.717) is 13.0 Å². The van der Waals surface area contributed by atoms with E-state index in [1.807, 2.05) is 0 Å². The maximum Gasteiger partial charge on any atom is 0.410 e. The number of methoxy groups -OCH3 is 1. The molecule has 0 bridgehead atoms. The number of nitrogens with zero attached hydrogens (tertiary/aromatic N) is 1. The van der Waals surface area contributed by atoms with Crippen molar-refractivity contribution in [3.63, 3.8) is 0 Å². The second kappa shape index (κ2) is 5.35. The second-order valence-electron chi connectivity index (χ2n) is 5.95. The van der Waals surface area contributed by atoms with Gasteiger partial charge in [0.1, 0.15) is 5.60 Å². The van der Waals surface area contributed by atoms with E-state index in [1.54, 1.807) is 27.7 Å². The number of rotatable bonds is 1. The van der Waals surface area contributed by atoms with Gasteiger partial charge in [0.15, 0.2) is 0 Å². The smallest absolute Gasteiger partial charge is 0.410 e. The van der Waals surface area contributed by atoms with Crippen LogP contribution in [-0.2, 0) is 14.3 Å². The quantitative estimate of drug-likeness (QED) is 0.688. The molecule has 0 saturated carbocycles. The van der Waals surface area contributed by atoms with Gasteiger partial charge in [-0.05, 0) is 27.2 Å². The molecule has 0 aromatic carbocycles. The molecule has 1 amide bonds. The lowest BCUT2D eigenvalue weighted by Gasteiger charge is -2.40. The Kier molecular flexibility index (Phi) is 4.43. The maximum absolute atomic E-state index is 14.7. The number of alkyl halides is 1. The van der Waals surface area contributed by atoms with Gasteiger partial charge in [0.2, 0.25) is 5.67 Å². The van der Waals surface area contributed by atoms with E-state index < -0.39 is 29.3 Å². The van der Waals surface area contributed by atoms with Gasteiger partial charge >= 0.3 is 12.1 Å². The Bertz CT molecular complexity index is 366. The third-order valence-corrected chi connectivity index (χ3v) is 3.21. The molecule has 1 aliphatic heterocycles. The van der Waals surface area contributed by atoms with Crippen molar-refractivity contribution in [1.29, 1.82) is 0 Å². The van der Waals surface area contributed by atoms with E-state index in [4.69, 9.17) is 4.74 Å². The topological polar surface area (TPSA) is 55.8 Å². The zero-order valence-electron chi connectivity index (χ0n) is 12.2. The number of ether oxygens (including phenoxy) is 2. The largest absolute Gasteiger partial charge is 0.467 e. The van der Waals surface area contributed by atoms with Crippen LogP contribution in [0.1, 0.15) is 34.1 Å². The molecular formula is C13H22FNO4. The summed E-state index contributed by atoms with van der Waals surface area (Å²) in [6.45, 7) is 6.90. The molecule has 2 atom stereocenters. The first-order valence-electron chi connectivity index (χ1n) is 6.35. The van der Waals surface area contributed by atoms with Crippen LogP contribution < -0.4 is 0 Å². The van der Waals surface area contributed by atoms with Gasteiger partial charge in [0.05, 0.1) is 13.7 Å². The lowest BCUT2D eigenvalue weighted by molar-refractivity contribution is -0.162. The summed E-state index contributed by atoms with van der Waals surface area (Å²) in [7, 11) is 1.14. The molecule has 5 nitrogen and oxygen atoms in total. The van der Waals surface area contributed by atoms with Gasteiger partial charge in [-0.1, -0.05) is 6.92 Å². The van der Waals surface area contributed by atoms with Crippen molar-refractivity contribution in [1.82, 2.24) is 4.90 Å². The van der Waals surface area contributed by atoms with Crippen LogP contribution in [-0.4, -0.2) is 48.4 Å². The predicted molar refractivity (Wildman–Crippen MR) is 67.4 cm³/mol. The standard InChI is InChI=1S/C13H22FNO4/c1-9-6-7-15(11(17)19-12(2,3)4)8-13(9,14)10(16)18-5/h9H,6-8H2,1-5H3. The van der Waals surface area contributed by atoms with Crippen LogP contribution in [0.3, 0.4) is 0 Å². The van der Waals surface area contributed by atoms with Crippen molar-refractivity contribution in [3.8, 4) is 0 Å². The van der Waals surface area contributed by atoms with Crippen molar-refractivity contribution in [2.24, 2.45) is 5.92 Å². The summed E-state index contributed by atoms with van der Waals surface area (Å²) in [6, 6.07) is 0. The summed E-state index contributed by atoms with van der Waals surface area (Å²) < 4.78 is 24.4. The third kappa shape index (κ3) is 3.58. The Morgan fingerprint density at radius 2 is 1.95 bits per heavy atom. The number of esters is 1. The fourth-order valence-electron chi connectivity index (χ4n) is 2.01. The Morgan fingerprint density at radius 1 is 1.37 bits per heavy atom. The van der Waals surface area contributed by atoms with Crippen LogP contribution in [0, 0.1) is 5.92 Å². The molecule has 1 heterocycles. The number of likely N-dealkylation sites (tertiary alicyclic amines) is 1. The number of hydrogen-bond donors (Lipinski definition) is 0. The van der Waals surface area contributed by atoms with Crippen LogP contribution in [0.5, 0.6) is 0 Å². The average molecular weight is 275 g/mol. The summed E-state index contributed by atoms with van der Waals surface area (Å²) in [5.74, 6) is -1.42. The summed E-state index contributed by atoms with van der Waals surface area (Å²) in [5, 5.41) is 0. The molecule has 1 aliphatic rings. The van der Waals surface area contributed by atoms with Crippen LogP contribution >= 0.6 is 0 Å². The molecule has 2 unspecified atom stereocenters. The van der Waals surface area contributed by atoms with Gasteiger partial charge in [0, 0.05) is 12.5 Å². The maximum atomic E-state index is 14.7. The molecule has 0 radical (unpaired) electrons. The van der Waals surface area contributed by atoms with E-state index in [-0.39, 0.29) is 6.54 Å². The van der Waals surface area contributed by atoms with Gasteiger partial charge in [0.25, 0.3) is 0 Å². The highest BCUT2D eigenvalue weighted by Crippen LogP contribution is 2.33. The van der Waals surface area contributed by atoms with Crippen molar-refractivity contribution in [2.45, 2.75) is 45.4 Å². The van der Waals surface area contributed by atoms with E-state index in [9.17, 15) is 14.0 Å². The summed E-state index contributed by atoms with van der Waals surface area (Å²) in [6.07, 6.45) is -0.212. The van der Waals surface area contributed by atoms with Crippen LogP contribution in [0.2, 0.25) is 0 Å². The highest BCUT2D eigenvalue weighted by Gasteiger charge is 2.50. The molecule has 1 rings (SSSR count). The number of halogens is 1. The fourth-order valence-corrected chi connectivity index (χ4v) is 2.01. The van der Waals surface area contributed by atoms with E-state index in [1.165, 1.54) is 4.90 Å².